The average molecular weight is 249 g/mol. The Labute approximate surface area is 106 Å². The first-order valence-electron chi connectivity index (χ1n) is 6.28. The summed E-state index contributed by atoms with van der Waals surface area (Å²) in [5.74, 6) is 0.692. The van der Waals surface area contributed by atoms with E-state index in [1.165, 1.54) is 12.8 Å². The Balaban J connectivity index is 1.84. The van der Waals surface area contributed by atoms with Crippen molar-refractivity contribution in [1.29, 1.82) is 0 Å². The van der Waals surface area contributed by atoms with Crippen molar-refractivity contribution in [3.05, 3.63) is 17.8 Å². The van der Waals surface area contributed by atoms with E-state index in [9.17, 15) is 4.79 Å². The van der Waals surface area contributed by atoms with Gasteiger partial charge in [0.25, 0.3) is 5.91 Å². The van der Waals surface area contributed by atoms with Gasteiger partial charge in [-0.2, -0.15) is 0 Å². The number of hydrogen-bond acceptors (Lipinski definition) is 5. The quantitative estimate of drug-likeness (QED) is 0.720. The molecule has 5 N–H and O–H groups in total. The zero-order valence-electron chi connectivity index (χ0n) is 10.3. The lowest BCUT2D eigenvalue weighted by Gasteiger charge is -2.26. The van der Waals surface area contributed by atoms with Crippen LogP contribution in [0.2, 0.25) is 0 Å². The van der Waals surface area contributed by atoms with Crippen molar-refractivity contribution in [3.63, 3.8) is 0 Å². The molecule has 0 aromatic carbocycles. The number of amides is 1. The highest BCUT2D eigenvalue weighted by Gasteiger charge is 2.18. The zero-order chi connectivity index (χ0) is 13.0. The van der Waals surface area contributed by atoms with Crippen LogP contribution in [0.15, 0.2) is 12.1 Å². The molecule has 6 nitrogen and oxygen atoms in total. The zero-order valence-corrected chi connectivity index (χ0v) is 10.3. The lowest BCUT2D eigenvalue weighted by atomic mass is 9.86. The highest BCUT2D eigenvalue weighted by molar-refractivity contribution is 5.90. The van der Waals surface area contributed by atoms with Crippen LogP contribution in [0.3, 0.4) is 0 Å². The number of carbonyl (C=O) groups is 1. The molecule has 2 unspecified atom stereocenters. The first-order valence-corrected chi connectivity index (χ1v) is 6.28. The number of nitrogens with two attached hydrogens (primary N) is 2. The van der Waals surface area contributed by atoms with Crippen LogP contribution in [-0.4, -0.2) is 28.7 Å². The number of nitrogens with zero attached hydrogens (tertiary/aromatic N) is 2. The number of nitrogens with one attached hydrogen (secondary N) is 1. The third-order valence-corrected chi connectivity index (χ3v) is 3.31. The van der Waals surface area contributed by atoms with Gasteiger partial charge in [0.1, 0.15) is 5.82 Å². The van der Waals surface area contributed by atoms with Crippen LogP contribution in [-0.2, 0) is 0 Å². The smallest absolute Gasteiger partial charge is 0.269 e. The second-order valence-corrected chi connectivity index (χ2v) is 4.84. The molecule has 98 valence electrons. The molecule has 1 amide bonds. The number of primary amides is 1. The van der Waals surface area contributed by atoms with Crippen molar-refractivity contribution in [2.75, 3.05) is 11.9 Å². The third-order valence-electron chi connectivity index (χ3n) is 3.31. The summed E-state index contributed by atoms with van der Waals surface area (Å²) in [6.45, 7) is 0.846. The molecule has 2 atom stereocenters. The molecule has 0 bridgehead atoms. The normalized spacial score (nSPS) is 23.6. The van der Waals surface area contributed by atoms with Crippen LogP contribution in [0.5, 0.6) is 0 Å². The molecule has 0 spiro atoms. The van der Waals surface area contributed by atoms with Crippen LogP contribution in [0.25, 0.3) is 0 Å². The Morgan fingerprint density at radius 2 is 2.22 bits per heavy atom. The van der Waals surface area contributed by atoms with Crippen molar-refractivity contribution in [2.45, 2.75) is 31.7 Å². The Hall–Kier alpha value is -1.69. The van der Waals surface area contributed by atoms with Gasteiger partial charge < -0.3 is 16.8 Å². The van der Waals surface area contributed by atoms with Gasteiger partial charge in [0.15, 0.2) is 5.69 Å². The lowest BCUT2D eigenvalue weighted by Crippen LogP contribution is -2.31. The first kappa shape index (κ1) is 12.8. The minimum Gasteiger partial charge on any atom is -0.368 e. The molecule has 1 aliphatic rings. The Morgan fingerprint density at radius 1 is 1.39 bits per heavy atom. The van der Waals surface area contributed by atoms with Gasteiger partial charge in [-0.1, -0.05) is 6.42 Å². The fraction of sp³-hybridized carbons (Fsp3) is 0.583. The van der Waals surface area contributed by atoms with Crippen molar-refractivity contribution >= 4 is 11.7 Å². The fourth-order valence-corrected chi connectivity index (χ4v) is 2.32. The van der Waals surface area contributed by atoms with Gasteiger partial charge in [-0.05, 0) is 37.3 Å². The largest absolute Gasteiger partial charge is 0.368 e. The van der Waals surface area contributed by atoms with E-state index in [1.807, 2.05) is 0 Å². The van der Waals surface area contributed by atoms with Gasteiger partial charge in [0.05, 0.1) is 0 Å². The van der Waals surface area contributed by atoms with E-state index >= 15 is 0 Å². The maximum atomic E-state index is 10.8. The van der Waals surface area contributed by atoms with Crippen molar-refractivity contribution in [1.82, 2.24) is 10.2 Å². The summed E-state index contributed by atoms with van der Waals surface area (Å²) in [6.07, 6.45) is 4.58. The van der Waals surface area contributed by atoms with Gasteiger partial charge in [-0.15, -0.1) is 10.2 Å². The van der Waals surface area contributed by atoms with Crippen LogP contribution in [0, 0.1) is 5.92 Å². The van der Waals surface area contributed by atoms with Crippen LogP contribution >= 0.6 is 0 Å². The summed E-state index contributed by atoms with van der Waals surface area (Å²) in [5, 5.41) is 10.9. The van der Waals surface area contributed by atoms with E-state index in [-0.39, 0.29) is 5.69 Å². The molecule has 0 radical (unpaired) electrons. The molecular formula is C12H19N5O. The third kappa shape index (κ3) is 3.40. The topological polar surface area (TPSA) is 107 Å². The lowest BCUT2D eigenvalue weighted by molar-refractivity contribution is 0.0994. The molecule has 0 aliphatic heterocycles. The maximum Gasteiger partial charge on any atom is 0.269 e. The summed E-state index contributed by atoms with van der Waals surface area (Å²) >= 11 is 0. The summed E-state index contributed by atoms with van der Waals surface area (Å²) in [5.41, 5.74) is 11.2. The fourth-order valence-electron chi connectivity index (χ4n) is 2.32. The van der Waals surface area contributed by atoms with Crippen molar-refractivity contribution < 1.29 is 4.79 Å². The van der Waals surface area contributed by atoms with Gasteiger partial charge in [0, 0.05) is 12.6 Å². The SMILES string of the molecule is NC(=O)c1ccc(NCC2CCCC(N)C2)nn1. The molecule has 0 saturated heterocycles. The predicted octanol–water partition coefficient (Wildman–Crippen LogP) is 0.505. The van der Waals surface area contributed by atoms with Gasteiger partial charge >= 0.3 is 0 Å². The van der Waals surface area contributed by atoms with E-state index < -0.39 is 5.91 Å². The van der Waals surface area contributed by atoms with Gasteiger partial charge in [0.2, 0.25) is 0 Å². The molecule has 18 heavy (non-hydrogen) atoms. The van der Waals surface area contributed by atoms with Crippen molar-refractivity contribution in [3.8, 4) is 0 Å². The minimum atomic E-state index is -0.563. The number of aromatic nitrogens is 2. The highest BCUT2D eigenvalue weighted by Crippen LogP contribution is 2.23. The summed E-state index contributed by atoms with van der Waals surface area (Å²) in [7, 11) is 0. The molecule has 1 aliphatic carbocycles. The number of anilines is 1. The summed E-state index contributed by atoms with van der Waals surface area (Å²) in [6, 6.07) is 3.62. The Bertz CT molecular complexity index is 405. The summed E-state index contributed by atoms with van der Waals surface area (Å²) in [4.78, 5) is 10.8. The second kappa shape index (κ2) is 5.77. The van der Waals surface area contributed by atoms with Crippen molar-refractivity contribution in [2.24, 2.45) is 17.4 Å². The van der Waals surface area contributed by atoms with E-state index in [1.54, 1.807) is 12.1 Å². The number of hydrogen-bond donors (Lipinski definition) is 3. The van der Waals surface area contributed by atoms with E-state index in [4.69, 9.17) is 11.5 Å². The molecule has 1 saturated carbocycles. The molecule has 1 fully saturated rings. The minimum absolute atomic E-state index is 0.181. The van der Waals surface area contributed by atoms with Crippen LogP contribution in [0.1, 0.15) is 36.2 Å². The highest BCUT2D eigenvalue weighted by atomic mass is 16.1. The number of carbonyl (C=O) groups excluding carboxylic acids is 1. The molecule has 1 heterocycles. The van der Waals surface area contributed by atoms with Gasteiger partial charge in [-0.25, -0.2) is 0 Å². The molecule has 1 aromatic rings. The molecule has 6 heteroatoms. The molecule has 2 rings (SSSR count). The van der Waals surface area contributed by atoms with E-state index in [0.29, 0.717) is 17.8 Å². The second-order valence-electron chi connectivity index (χ2n) is 4.84. The van der Waals surface area contributed by atoms with Crippen LogP contribution < -0.4 is 16.8 Å². The standard InChI is InChI=1S/C12H19N5O/c13-9-3-1-2-8(6-9)7-15-11-5-4-10(12(14)18)16-17-11/h4-5,8-9H,1-3,6-7,13H2,(H2,14,18)(H,15,17). The van der Waals surface area contributed by atoms with E-state index in [0.717, 1.165) is 19.4 Å². The summed E-state index contributed by atoms with van der Waals surface area (Å²) < 4.78 is 0. The molecular weight excluding hydrogens is 230 g/mol. The Kier molecular flexibility index (Phi) is 4.09. The predicted molar refractivity (Wildman–Crippen MR) is 69.0 cm³/mol. The number of rotatable bonds is 4. The Morgan fingerprint density at radius 3 is 2.83 bits per heavy atom. The average Bonchev–Trinajstić information content (AvgIpc) is 2.37. The van der Waals surface area contributed by atoms with E-state index in [2.05, 4.69) is 15.5 Å². The van der Waals surface area contributed by atoms with Crippen LogP contribution in [0.4, 0.5) is 5.82 Å². The maximum absolute atomic E-state index is 10.8. The monoisotopic (exact) mass is 249 g/mol. The van der Waals surface area contributed by atoms with Gasteiger partial charge in [-0.3, -0.25) is 4.79 Å². The first-order chi connectivity index (χ1) is 8.65. The molecule has 1 aromatic heterocycles.